The lowest BCUT2D eigenvalue weighted by Gasteiger charge is -2.27. The van der Waals surface area contributed by atoms with E-state index in [-0.39, 0.29) is 18.3 Å². The number of phenols is 1. The van der Waals surface area contributed by atoms with Crippen LogP contribution < -0.4 is 0 Å². The summed E-state index contributed by atoms with van der Waals surface area (Å²) in [6.45, 7) is 2.64. The first-order chi connectivity index (χ1) is 8.60. The Morgan fingerprint density at radius 2 is 1.68 bits per heavy atom. The van der Waals surface area contributed by atoms with Crippen LogP contribution in [0.2, 0.25) is 0 Å². The van der Waals surface area contributed by atoms with Gasteiger partial charge in [0.25, 0.3) is 0 Å². The molecule has 0 saturated carbocycles. The zero-order chi connectivity index (χ0) is 14.8. The Labute approximate surface area is 126 Å². The van der Waals surface area contributed by atoms with Crippen LogP contribution in [-0.4, -0.2) is 28.8 Å². The molecule has 0 unspecified atom stereocenters. The third-order valence-electron chi connectivity index (χ3n) is 2.58. The third-order valence-corrected chi connectivity index (χ3v) is 3.78. The highest BCUT2D eigenvalue weighted by molar-refractivity contribution is 9.11. The average molecular weight is 405 g/mol. The van der Waals surface area contributed by atoms with Crippen LogP contribution in [0.15, 0.2) is 21.1 Å². The van der Waals surface area contributed by atoms with Gasteiger partial charge in [0, 0.05) is 12.6 Å². The van der Waals surface area contributed by atoms with Crippen LogP contribution in [0.4, 0.5) is 13.2 Å². The number of aromatic hydroxyl groups is 1. The summed E-state index contributed by atoms with van der Waals surface area (Å²) >= 11 is 6.33. The molecule has 0 atom stereocenters. The maximum Gasteiger partial charge on any atom is 0.401 e. The van der Waals surface area contributed by atoms with Gasteiger partial charge in [-0.2, -0.15) is 13.2 Å². The fourth-order valence-electron chi connectivity index (χ4n) is 1.60. The molecule has 1 N–H and O–H groups in total. The summed E-state index contributed by atoms with van der Waals surface area (Å²) in [6.07, 6.45) is -4.23. The number of hydrogen-bond acceptors (Lipinski definition) is 2. The van der Waals surface area contributed by atoms with Crippen LogP contribution in [0.5, 0.6) is 5.75 Å². The van der Waals surface area contributed by atoms with Gasteiger partial charge in [0.05, 0.1) is 15.5 Å². The molecule has 0 aromatic heterocycles. The topological polar surface area (TPSA) is 23.5 Å². The molecule has 0 fully saturated rings. The molecule has 108 valence electrons. The fourth-order valence-corrected chi connectivity index (χ4v) is 2.88. The average Bonchev–Trinajstić information content (AvgIpc) is 2.22. The van der Waals surface area contributed by atoms with Crippen LogP contribution >= 0.6 is 31.9 Å². The monoisotopic (exact) mass is 403 g/mol. The van der Waals surface area contributed by atoms with E-state index in [9.17, 15) is 18.3 Å². The highest BCUT2D eigenvalue weighted by atomic mass is 79.9. The van der Waals surface area contributed by atoms with Crippen molar-refractivity contribution < 1.29 is 18.3 Å². The highest BCUT2D eigenvalue weighted by Gasteiger charge is 2.31. The molecule has 2 nitrogen and oxygen atoms in total. The van der Waals surface area contributed by atoms with Crippen LogP contribution in [0, 0.1) is 0 Å². The Hall–Kier alpha value is -0.270. The first kappa shape index (κ1) is 16.8. The number of benzene rings is 1. The minimum atomic E-state index is -4.23. The molecule has 0 bridgehead atoms. The highest BCUT2D eigenvalue weighted by Crippen LogP contribution is 2.34. The predicted octanol–water partition coefficient (Wildman–Crippen LogP) is 4.69. The Kier molecular flexibility index (Phi) is 5.70. The summed E-state index contributed by atoms with van der Waals surface area (Å²) in [5.74, 6) is 0.0377. The van der Waals surface area contributed by atoms with Crippen molar-refractivity contribution in [2.75, 3.05) is 6.54 Å². The van der Waals surface area contributed by atoms with Gasteiger partial charge in [-0.25, -0.2) is 0 Å². The molecule has 0 aliphatic carbocycles. The van der Waals surface area contributed by atoms with Crippen LogP contribution in [0.1, 0.15) is 19.4 Å². The van der Waals surface area contributed by atoms with Gasteiger partial charge >= 0.3 is 6.18 Å². The van der Waals surface area contributed by atoms with Gasteiger partial charge in [0.15, 0.2) is 0 Å². The van der Waals surface area contributed by atoms with E-state index in [1.807, 2.05) is 0 Å². The van der Waals surface area contributed by atoms with Gasteiger partial charge in [0.1, 0.15) is 5.75 Å². The summed E-state index contributed by atoms with van der Waals surface area (Å²) < 4.78 is 38.4. The van der Waals surface area contributed by atoms with Crippen LogP contribution in [-0.2, 0) is 6.54 Å². The first-order valence-corrected chi connectivity index (χ1v) is 7.16. The van der Waals surface area contributed by atoms with E-state index in [0.717, 1.165) is 0 Å². The van der Waals surface area contributed by atoms with Gasteiger partial charge in [0.2, 0.25) is 0 Å². The molecular formula is C12H14Br2F3NO. The van der Waals surface area contributed by atoms with Crippen molar-refractivity contribution in [1.82, 2.24) is 4.90 Å². The van der Waals surface area contributed by atoms with Crippen LogP contribution in [0.25, 0.3) is 0 Å². The van der Waals surface area contributed by atoms with E-state index < -0.39 is 12.7 Å². The number of hydrogen-bond donors (Lipinski definition) is 1. The summed E-state index contributed by atoms with van der Waals surface area (Å²) in [7, 11) is 0. The van der Waals surface area contributed by atoms with E-state index in [0.29, 0.717) is 14.5 Å². The fraction of sp³-hybridized carbons (Fsp3) is 0.500. The van der Waals surface area contributed by atoms with Gasteiger partial charge in [-0.15, -0.1) is 0 Å². The van der Waals surface area contributed by atoms with E-state index >= 15 is 0 Å². The predicted molar refractivity (Wildman–Crippen MR) is 75.1 cm³/mol. The second kappa shape index (κ2) is 6.45. The molecule has 7 heteroatoms. The summed E-state index contributed by atoms with van der Waals surface area (Å²) in [5.41, 5.74) is 0.689. The lowest BCUT2D eigenvalue weighted by molar-refractivity contribution is -0.150. The summed E-state index contributed by atoms with van der Waals surface area (Å²) in [5, 5.41) is 9.57. The molecule has 0 heterocycles. The van der Waals surface area contributed by atoms with Crippen LogP contribution in [0.3, 0.4) is 0 Å². The van der Waals surface area contributed by atoms with E-state index in [1.54, 1.807) is 26.0 Å². The zero-order valence-electron chi connectivity index (χ0n) is 10.4. The number of nitrogens with zero attached hydrogens (tertiary/aromatic N) is 1. The molecule has 0 radical (unpaired) electrons. The maximum atomic E-state index is 12.5. The second-order valence-corrected chi connectivity index (χ2v) is 6.23. The molecule has 1 rings (SSSR count). The number of phenolic OH excluding ortho intramolecular Hbond substituents is 1. The van der Waals surface area contributed by atoms with Crippen molar-refractivity contribution in [3.05, 3.63) is 26.6 Å². The second-order valence-electron chi connectivity index (χ2n) is 4.52. The van der Waals surface area contributed by atoms with Gasteiger partial charge in [-0.1, -0.05) is 0 Å². The van der Waals surface area contributed by atoms with Crippen molar-refractivity contribution in [2.24, 2.45) is 0 Å². The minimum absolute atomic E-state index is 0.0377. The molecular weight excluding hydrogens is 391 g/mol. The SMILES string of the molecule is CC(C)N(Cc1cc(Br)c(O)c(Br)c1)CC(F)(F)F. The molecule has 0 saturated heterocycles. The smallest absolute Gasteiger partial charge is 0.401 e. The molecule has 19 heavy (non-hydrogen) atoms. The molecule has 0 spiro atoms. The molecule has 1 aromatic rings. The van der Waals surface area contributed by atoms with E-state index in [2.05, 4.69) is 31.9 Å². The summed E-state index contributed by atoms with van der Waals surface area (Å²) in [4.78, 5) is 1.32. The number of halogens is 5. The molecule has 0 amide bonds. The van der Waals surface area contributed by atoms with Gasteiger partial charge in [-0.05, 0) is 63.4 Å². The third kappa shape index (κ3) is 5.31. The Morgan fingerprint density at radius 1 is 1.21 bits per heavy atom. The van der Waals surface area contributed by atoms with Gasteiger partial charge in [-0.3, -0.25) is 4.90 Å². The van der Waals surface area contributed by atoms with Crippen molar-refractivity contribution in [2.45, 2.75) is 32.6 Å². The summed E-state index contributed by atoms with van der Waals surface area (Å²) in [6, 6.07) is 3.01. The first-order valence-electron chi connectivity index (χ1n) is 5.58. The Morgan fingerprint density at radius 3 is 2.05 bits per heavy atom. The number of alkyl halides is 3. The minimum Gasteiger partial charge on any atom is -0.506 e. The lowest BCUT2D eigenvalue weighted by Crippen LogP contribution is -2.38. The zero-order valence-corrected chi connectivity index (χ0v) is 13.6. The Balaban J connectivity index is 2.91. The molecule has 0 aliphatic rings. The van der Waals surface area contributed by atoms with Crippen molar-refractivity contribution in [1.29, 1.82) is 0 Å². The lowest BCUT2D eigenvalue weighted by atomic mass is 10.2. The van der Waals surface area contributed by atoms with Crippen molar-refractivity contribution in [3.63, 3.8) is 0 Å². The van der Waals surface area contributed by atoms with Crippen molar-refractivity contribution >= 4 is 31.9 Å². The van der Waals surface area contributed by atoms with E-state index in [1.165, 1.54) is 4.90 Å². The Bertz CT molecular complexity index is 426. The van der Waals surface area contributed by atoms with Crippen molar-refractivity contribution in [3.8, 4) is 5.75 Å². The molecule has 0 aliphatic heterocycles. The maximum absolute atomic E-state index is 12.5. The standard InChI is InChI=1S/C12H14Br2F3NO/c1-7(2)18(6-12(15,16)17)5-8-3-9(13)11(19)10(14)4-8/h3-4,7,19H,5-6H2,1-2H3. The largest absolute Gasteiger partial charge is 0.506 e. The van der Waals surface area contributed by atoms with E-state index in [4.69, 9.17) is 0 Å². The quantitative estimate of drug-likeness (QED) is 0.786. The molecule has 1 aromatic carbocycles. The van der Waals surface area contributed by atoms with Gasteiger partial charge < -0.3 is 5.11 Å². The normalized spacial score (nSPS) is 12.5. The number of rotatable bonds is 4.